The van der Waals surface area contributed by atoms with Crippen molar-refractivity contribution in [2.45, 2.75) is 0 Å². The van der Waals surface area contributed by atoms with Crippen molar-refractivity contribution in [2.75, 3.05) is 0 Å². The summed E-state index contributed by atoms with van der Waals surface area (Å²) in [6, 6.07) is 60.7. The monoisotopic (exact) mass is 651 g/mol. The van der Waals surface area contributed by atoms with Gasteiger partial charge in [-0.15, -0.1) is 0 Å². The Bertz CT molecular complexity index is 2900. The Balaban J connectivity index is 1.22. The summed E-state index contributed by atoms with van der Waals surface area (Å²) in [6.07, 6.45) is 0. The van der Waals surface area contributed by atoms with E-state index in [0.29, 0.717) is 5.82 Å². The number of furan rings is 1. The molecule has 7 aromatic carbocycles. The predicted molar refractivity (Wildman–Crippen MR) is 209 cm³/mol. The molecule has 0 saturated carbocycles. The van der Waals surface area contributed by atoms with Crippen LogP contribution in [0.4, 0.5) is 0 Å². The van der Waals surface area contributed by atoms with Crippen LogP contribution in [0.5, 0.6) is 0 Å². The lowest BCUT2D eigenvalue weighted by atomic mass is 9.95. The molecule has 0 aliphatic carbocycles. The van der Waals surface area contributed by atoms with Crippen LogP contribution in [0.1, 0.15) is 0 Å². The second kappa shape index (κ2) is 11.9. The first-order valence-corrected chi connectivity index (χ1v) is 17.1. The van der Waals surface area contributed by atoms with Crippen molar-refractivity contribution >= 4 is 43.6 Å². The number of fused-ring (bicyclic) bond motifs is 7. The molecule has 4 heteroatoms. The molecular formula is C47H29N3O. The van der Waals surface area contributed by atoms with E-state index in [9.17, 15) is 0 Å². The zero-order chi connectivity index (χ0) is 33.7. The Labute approximate surface area is 294 Å². The van der Waals surface area contributed by atoms with E-state index in [-0.39, 0.29) is 0 Å². The van der Waals surface area contributed by atoms with Crippen LogP contribution in [0.2, 0.25) is 0 Å². The van der Waals surface area contributed by atoms with Crippen molar-refractivity contribution in [3.8, 4) is 56.3 Å². The molecule has 0 saturated heterocycles. The van der Waals surface area contributed by atoms with Gasteiger partial charge in [-0.3, -0.25) is 0 Å². The zero-order valence-electron chi connectivity index (χ0n) is 27.5. The fraction of sp³-hybridized carbons (Fsp3) is 0. The molecule has 3 aromatic heterocycles. The highest BCUT2D eigenvalue weighted by Gasteiger charge is 2.19. The van der Waals surface area contributed by atoms with Crippen LogP contribution in [0.25, 0.3) is 99.9 Å². The molecule has 0 aliphatic heterocycles. The van der Waals surface area contributed by atoms with Gasteiger partial charge >= 0.3 is 0 Å². The van der Waals surface area contributed by atoms with Crippen molar-refractivity contribution in [1.29, 1.82) is 0 Å². The lowest BCUT2D eigenvalue weighted by Crippen LogP contribution is -1.97. The van der Waals surface area contributed by atoms with Crippen LogP contribution in [-0.4, -0.2) is 15.0 Å². The summed E-state index contributed by atoms with van der Waals surface area (Å²) in [5, 5.41) is 5.47. The summed E-state index contributed by atoms with van der Waals surface area (Å²) >= 11 is 0. The predicted octanol–water partition coefficient (Wildman–Crippen LogP) is 12.4. The van der Waals surface area contributed by atoms with Crippen LogP contribution >= 0.6 is 0 Å². The highest BCUT2D eigenvalue weighted by Crippen LogP contribution is 2.42. The summed E-state index contributed by atoms with van der Waals surface area (Å²) < 4.78 is 6.35. The molecule has 4 nitrogen and oxygen atoms in total. The molecule has 51 heavy (non-hydrogen) atoms. The quantitative estimate of drug-likeness (QED) is 0.174. The summed E-state index contributed by atoms with van der Waals surface area (Å²) in [5.74, 6) is 0.647. The number of para-hydroxylation sites is 1. The van der Waals surface area contributed by atoms with Gasteiger partial charge in [0.05, 0.1) is 22.6 Å². The standard InChI is InChI=1S/C47H29N3O/c1-4-13-30(14-5-1)33-19-12-20-34(27-33)40-29-39(31-15-6-2-7-16-31)49-47(50-40)35-23-24-36-41(28-35)48-46(32-17-8-3-9-18-32)38-25-26-43-45(44(36)38)37-21-10-11-22-42(37)51-43/h1-29H. The maximum Gasteiger partial charge on any atom is 0.160 e. The van der Waals surface area contributed by atoms with E-state index in [0.717, 1.165) is 88.5 Å². The number of nitrogens with zero attached hydrogens (tertiary/aromatic N) is 3. The molecule has 238 valence electrons. The van der Waals surface area contributed by atoms with Gasteiger partial charge in [-0.05, 0) is 47.5 Å². The van der Waals surface area contributed by atoms with Crippen LogP contribution in [-0.2, 0) is 0 Å². The lowest BCUT2D eigenvalue weighted by molar-refractivity contribution is 0.669. The van der Waals surface area contributed by atoms with Gasteiger partial charge in [0.25, 0.3) is 0 Å². The molecule has 10 aromatic rings. The van der Waals surface area contributed by atoms with Gasteiger partial charge in [0.1, 0.15) is 11.2 Å². The molecule has 10 rings (SSSR count). The maximum atomic E-state index is 6.35. The van der Waals surface area contributed by atoms with Crippen molar-refractivity contribution in [3.63, 3.8) is 0 Å². The van der Waals surface area contributed by atoms with Gasteiger partial charge in [-0.1, -0.05) is 140 Å². The summed E-state index contributed by atoms with van der Waals surface area (Å²) in [4.78, 5) is 15.7. The molecule has 3 heterocycles. The van der Waals surface area contributed by atoms with Crippen LogP contribution in [0, 0.1) is 0 Å². The molecule has 0 unspecified atom stereocenters. The van der Waals surface area contributed by atoms with Crippen molar-refractivity contribution in [1.82, 2.24) is 15.0 Å². The minimum Gasteiger partial charge on any atom is -0.456 e. The van der Waals surface area contributed by atoms with Crippen molar-refractivity contribution < 1.29 is 4.42 Å². The summed E-state index contributed by atoms with van der Waals surface area (Å²) in [6.45, 7) is 0. The Morgan fingerprint density at radius 1 is 0.333 bits per heavy atom. The Hall–Kier alpha value is -6.91. The first kappa shape index (κ1) is 29.0. The van der Waals surface area contributed by atoms with Gasteiger partial charge in [-0.25, -0.2) is 15.0 Å². The number of benzene rings is 7. The Kier molecular flexibility index (Phi) is 6.78. The molecule has 0 N–H and O–H groups in total. The second-order valence-corrected chi connectivity index (χ2v) is 12.8. The minimum atomic E-state index is 0.647. The average molecular weight is 652 g/mol. The molecule has 0 bridgehead atoms. The van der Waals surface area contributed by atoms with Crippen molar-refractivity contribution in [3.05, 3.63) is 176 Å². The molecule has 0 aliphatic rings. The second-order valence-electron chi connectivity index (χ2n) is 12.8. The van der Waals surface area contributed by atoms with Gasteiger partial charge in [0, 0.05) is 49.2 Å². The van der Waals surface area contributed by atoms with E-state index in [1.807, 2.05) is 42.5 Å². The molecule has 0 spiro atoms. The fourth-order valence-corrected chi connectivity index (χ4v) is 7.23. The lowest BCUT2D eigenvalue weighted by Gasteiger charge is -2.13. The van der Waals surface area contributed by atoms with Crippen molar-refractivity contribution in [2.24, 2.45) is 0 Å². The minimum absolute atomic E-state index is 0.647. The highest BCUT2D eigenvalue weighted by molar-refractivity contribution is 6.28. The number of hydrogen-bond donors (Lipinski definition) is 0. The Morgan fingerprint density at radius 2 is 0.961 bits per heavy atom. The Morgan fingerprint density at radius 3 is 1.75 bits per heavy atom. The van der Waals surface area contributed by atoms with Gasteiger partial charge < -0.3 is 4.42 Å². The molecular weight excluding hydrogens is 623 g/mol. The van der Waals surface area contributed by atoms with Crippen LogP contribution in [0.3, 0.4) is 0 Å². The number of rotatable bonds is 5. The number of pyridine rings is 1. The average Bonchev–Trinajstić information content (AvgIpc) is 3.60. The van der Waals surface area contributed by atoms with E-state index in [4.69, 9.17) is 19.4 Å². The molecule has 0 amide bonds. The molecule has 0 radical (unpaired) electrons. The van der Waals surface area contributed by atoms with E-state index < -0.39 is 0 Å². The van der Waals surface area contributed by atoms with Gasteiger partial charge in [0.2, 0.25) is 0 Å². The summed E-state index contributed by atoms with van der Waals surface area (Å²) in [5.41, 5.74) is 11.6. The third-order valence-electron chi connectivity index (χ3n) is 9.66. The topological polar surface area (TPSA) is 51.8 Å². The van der Waals surface area contributed by atoms with Gasteiger partial charge in [0.15, 0.2) is 5.82 Å². The van der Waals surface area contributed by atoms with Gasteiger partial charge in [-0.2, -0.15) is 0 Å². The fourth-order valence-electron chi connectivity index (χ4n) is 7.23. The largest absolute Gasteiger partial charge is 0.456 e. The molecule has 0 atom stereocenters. The third-order valence-corrected chi connectivity index (χ3v) is 9.66. The first-order chi connectivity index (χ1) is 25.3. The highest BCUT2D eigenvalue weighted by atomic mass is 16.3. The first-order valence-electron chi connectivity index (χ1n) is 17.1. The number of aromatic nitrogens is 3. The van der Waals surface area contributed by atoms with E-state index in [1.165, 1.54) is 5.56 Å². The van der Waals surface area contributed by atoms with Crippen LogP contribution < -0.4 is 0 Å². The van der Waals surface area contributed by atoms with Crippen LogP contribution in [0.15, 0.2) is 180 Å². The van der Waals surface area contributed by atoms with E-state index in [1.54, 1.807) is 0 Å². The summed E-state index contributed by atoms with van der Waals surface area (Å²) in [7, 11) is 0. The van der Waals surface area contributed by atoms with E-state index >= 15 is 0 Å². The SMILES string of the molecule is c1ccc(-c2cccc(-c3cc(-c4ccccc4)nc(-c4ccc5c(c4)nc(-c4ccccc4)c4ccc6oc7ccccc7c6c45)n3)c2)cc1. The zero-order valence-corrected chi connectivity index (χ0v) is 27.5. The smallest absolute Gasteiger partial charge is 0.160 e. The van der Waals surface area contributed by atoms with E-state index in [2.05, 4.69) is 133 Å². The maximum absolute atomic E-state index is 6.35. The third kappa shape index (κ3) is 5.04. The molecule has 0 fully saturated rings. The number of hydrogen-bond acceptors (Lipinski definition) is 4. The normalized spacial score (nSPS) is 11.5.